The second-order valence-electron chi connectivity index (χ2n) is 7.92. The zero-order valence-corrected chi connectivity index (χ0v) is 20.2. The highest BCUT2D eigenvalue weighted by Gasteiger charge is 2.25. The fourth-order valence-electron chi connectivity index (χ4n) is 3.30. The normalized spacial score (nSPS) is 12.1. The number of aromatic nitrogens is 2. The first-order valence-electron chi connectivity index (χ1n) is 11.4. The topological polar surface area (TPSA) is 79.4 Å². The molecule has 0 saturated carbocycles. The van der Waals surface area contributed by atoms with Gasteiger partial charge in [0.2, 0.25) is 0 Å². The molecule has 0 spiro atoms. The molecule has 6 nitrogen and oxygen atoms in total. The molecule has 0 fully saturated rings. The molecule has 2 aromatic heterocycles. The van der Waals surface area contributed by atoms with Crippen molar-refractivity contribution in [3.8, 4) is 11.3 Å². The van der Waals surface area contributed by atoms with Gasteiger partial charge < -0.3 is 16.0 Å². The minimum Gasteiger partial charge on any atom is -0.396 e. The van der Waals surface area contributed by atoms with Crippen LogP contribution < -0.4 is 16.0 Å². The van der Waals surface area contributed by atoms with E-state index in [-0.39, 0.29) is 5.56 Å². The second-order valence-corrected chi connectivity index (χ2v) is 7.92. The first-order chi connectivity index (χ1) is 16.2. The highest BCUT2D eigenvalue weighted by Crippen LogP contribution is 2.32. The summed E-state index contributed by atoms with van der Waals surface area (Å²) in [5, 5.41) is 3.19. The Bertz CT molecular complexity index is 1040. The fraction of sp³-hybridized carbons (Fsp3) is 0.346. The van der Waals surface area contributed by atoms with Crippen LogP contribution in [0, 0.1) is 0 Å². The minimum atomic E-state index is -3.00. The predicted molar refractivity (Wildman–Crippen MR) is 138 cm³/mol. The summed E-state index contributed by atoms with van der Waals surface area (Å²) in [6.45, 7) is 13.3. The number of hydrogen-bond donors (Lipinski definition) is 2. The number of hydrogen-bond acceptors (Lipinski definition) is 6. The second kappa shape index (κ2) is 12.6. The average molecular weight is 469 g/mol. The molecule has 0 aliphatic heterocycles. The molecule has 2 aromatic rings. The van der Waals surface area contributed by atoms with Crippen molar-refractivity contribution in [3.05, 3.63) is 73.1 Å². The van der Waals surface area contributed by atoms with E-state index in [1.165, 1.54) is 12.3 Å². The maximum absolute atomic E-state index is 13.8. The van der Waals surface area contributed by atoms with Crippen molar-refractivity contribution >= 4 is 17.7 Å². The van der Waals surface area contributed by atoms with Gasteiger partial charge >= 0.3 is 0 Å². The highest BCUT2D eigenvalue weighted by atomic mass is 19.3. The van der Waals surface area contributed by atoms with E-state index in [4.69, 9.17) is 10.7 Å². The third kappa shape index (κ3) is 7.50. The van der Waals surface area contributed by atoms with Gasteiger partial charge in [-0.1, -0.05) is 45.4 Å². The van der Waals surface area contributed by atoms with E-state index in [0.717, 1.165) is 38.8 Å². The third-order valence-electron chi connectivity index (χ3n) is 5.08. The van der Waals surface area contributed by atoms with Gasteiger partial charge in [-0.15, -0.1) is 0 Å². The van der Waals surface area contributed by atoms with Crippen molar-refractivity contribution in [2.45, 2.75) is 52.4 Å². The van der Waals surface area contributed by atoms with E-state index in [0.29, 0.717) is 40.9 Å². The summed E-state index contributed by atoms with van der Waals surface area (Å²) in [6, 6.07) is 4.81. The van der Waals surface area contributed by atoms with Crippen LogP contribution in [0.5, 0.6) is 0 Å². The van der Waals surface area contributed by atoms with Gasteiger partial charge in [-0.05, 0) is 37.6 Å². The number of nitrogens with zero attached hydrogens (tertiary/aromatic N) is 4. The molecule has 0 bridgehead atoms. The molecule has 182 valence electrons. The maximum atomic E-state index is 13.8. The summed E-state index contributed by atoms with van der Waals surface area (Å²) in [4.78, 5) is 14.9. The van der Waals surface area contributed by atoms with E-state index in [2.05, 4.69) is 35.4 Å². The van der Waals surface area contributed by atoms with Gasteiger partial charge in [-0.2, -0.15) is 0 Å². The summed E-state index contributed by atoms with van der Waals surface area (Å²) in [5.41, 5.74) is 7.55. The van der Waals surface area contributed by atoms with Crippen molar-refractivity contribution < 1.29 is 8.78 Å². The number of halogens is 2. The van der Waals surface area contributed by atoms with Gasteiger partial charge in [0.1, 0.15) is 11.6 Å². The van der Waals surface area contributed by atoms with Gasteiger partial charge in [0, 0.05) is 43.2 Å². The lowest BCUT2D eigenvalue weighted by Crippen LogP contribution is -2.32. The summed E-state index contributed by atoms with van der Waals surface area (Å²) in [6.07, 6.45) is 11.9. The van der Waals surface area contributed by atoms with Crippen molar-refractivity contribution in [2.75, 3.05) is 17.2 Å². The number of pyridine rings is 2. The lowest BCUT2D eigenvalue weighted by molar-refractivity contribution is 0.0171. The molecule has 0 saturated heterocycles. The average Bonchev–Trinajstić information content (AvgIpc) is 2.79. The molecule has 0 amide bonds. The molecular formula is C26H34F2N6. The Hall–Kier alpha value is -3.55. The van der Waals surface area contributed by atoms with Crippen LogP contribution in [0.2, 0.25) is 0 Å². The van der Waals surface area contributed by atoms with Crippen LogP contribution >= 0.6 is 0 Å². The Balaban J connectivity index is 2.46. The number of anilines is 2. The van der Waals surface area contributed by atoms with Crippen LogP contribution in [0.1, 0.15) is 52.0 Å². The molecular weight excluding hydrogens is 434 g/mol. The van der Waals surface area contributed by atoms with Crippen LogP contribution in [-0.2, 0) is 5.92 Å². The Morgan fingerprint density at radius 1 is 1.26 bits per heavy atom. The number of nitrogens with two attached hydrogens (primary N) is 1. The van der Waals surface area contributed by atoms with E-state index >= 15 is 0 Å². The van der Waals surface area contributed by atoms with Gasteiger partial charge in [0.25, 0.3) is 5.92 Å². The number of rotatable bonds is 13. The molecule has 8 heteroatoms. The van der Waals surface area contributed by atoms with Crippen LogP contribution in [0.4, 0.5) is 20.3 Å². The lowest BCUT2D eigenvalue weighted by atomic mass is 10.1. The first-order valence-corrected chi connectivity index (χ1v) is 11.4. The van der Waals surface area contributed by atoms with Crippen LogP contribution in [-0.4, -0.2) is 22.7 Å². The van der Waals surface area contributed by atoms with Crippen LogP contribution in [0.25, 0.3) is 11.3 Å². The minimum absolute atomic E-state index is 0.177. The number of nitrogen functional groups attached to an aromatic ring is 1. The molecule has 0 aliphatic carbocycles. The molecule has 0 radical (unpaired) electrons. The fourth-order valence-corrected chi connectivity index (χ4v) is 3.30. The van der Waals surface area contributed by atoms with E-state index < -0.39 is 5.92 Å². The van der Waals surface area contributed by atoms with Gasteiger partial charge in [0.05, 0.1) is 11.4 Å². The van der Waals surface area contributed by atoms with Gasteiger partial charge in [0.15, 0.2) is 5.82 Å². The van der Waals surface area contributed by atoms with Gasteiger partial charge in [-0.25, -0.2) is 18.8 Å². The van der Waals surface area contributed by atoms with E-state index in [1.54, 1.807) is 30.5 Å². The number of alkyl halides is 2. The number of aliphatic imine (C=N–C) groups is 1. The Labute approximate surface area is 201 Å². The maximum Gasteiger partial charge on any atom is 0.272 e. The molecule has 0 unspecified atom stereocenters. The number of allylic oxidation sites excluding steroid dienone is 2. The molecule has 34 heavy (non-hydrogen) atoms. The van der Waals surface area contributed by atoms with Crippen LogP contribution in [0.3, 0.4) is 0 Å². The zero-order valence-electron chi connectivity index (χ0n) is 20.2. The predicted octanol–water partition coefficient (Wildman–Crippen LogP) is 6.40. The van der Waals surface area contributed by atoms with Crippen molar-refractivity contribution in [3.63, 3.8) is 0 Å². The Morgan fingerprint density at radius 3 is 2.68 bits per heavy atom. The van der Waals surface area contributed by atoms with E-state index in [1.807, 2.05) is 11.8 Å². The Morgan fingerprint density at radius 2 is 2.03 bits per heavy atom. The van der Waals surface area contributed by atoms with Crippen molar-refractivity contribution in [1.29, 1.82) is 0 Å². The monoisotopic (exact) mass is 468 g/mol. The SMILES string of the molecule is C=C/C=C(\N=C/C)NC(=C)N(CCCCCC)c1nc(-c2cncc(C(C)(F)F)c2)ccc1N. The summed E-state index contributed by atoms with van der Waals surface area (Å²) in [5.74, 6) is -1.41. The molecule has 2 heterocycles. The van der Waals surface area contributed by atoms with E-state index in [9.17, 15) is 8.78 Å². The lowest BCUT2D eigenvalue weighted by Gasteiger charge is -2.28. The zero-order chi connectivity index (χ0) is 25.1. The van der Waals surface area contributed by atoms with Crippen molar-refractivity contribution in [1.82, 2.24) is 15.3 Å². The largest absolute Gasteiger partial charge is 0.396 e. The quantitative estimate of drug-likeness (QED) is 0.202. The third-order valence-corrected chi connectivity index (χ3v) is 5.08. The summed E-state index contributed by atoms with van der Waals surface area (Å²) in [7, 11) is 0. The van der Waals surface area contributed by atoms with Crippen LogP contribution in [0.15, 0.2) is 72.5 Å². The molecule has 0 atom stereocenters. The molecule has 2 rings (SSSR count). The molecule has 3 N–H and O–H groups in total. The number of unbranched alkanes of at least 4 members (excludes halogenated alkanes) is 3. The summed E-state index contributed by atoms with van der Waals surface area (Å²) < 4.78 is 27.7. The number of nitrogens with one attached hydrogen (secondary N) is 1. The highest BCUT2D eigenvalue weighted by molar-refractivity contribution is 5.71. The first kappa shape index (κ1) is 26.7. The Kier molecular flexibility index (Phi) is 9.92. The van der Waals surface area contributed by atoms with Gasteiger partial charge in [-0.3, -0.25) is 4.98 Å². The van der Waals surface area contributed by atoms with Crippen molar-refractivity contribution in [2.24, 2.45) is 4.99 Å². The molecule has 0 aromatic carbocycles. The summed E-state index contributed by atoms with van der Waals surface area (Å²) >= 11 is 0. The smallest absolute Gasteiger partial charge is 0.272 e. The molecule has 0 aliphatic rings. The standard InChI is InChI=1S/C26H34F2N6/c1-6-9-10-11-15-34(19(4)32-24(12-7-2)31-8-3)25-22(29)13-14-23(33-25)20-16-21(18-30-17-20)26(5,27)28/h7-8,12-14,16-18,32H,2,4,6,9-11,15,29H2,1,3,5H3/b24-12+,31-8-.